The Morgan fingerprint density at radius 2 is 2.10 bits per heavy atom. The van der Waals surface area contributed by atoms with Gasteiger partial charge in [0, 0.05) is 6.54 Å². The van der Waals surface area contributed by atoms with Crippen molar-refractivity contribution in [3.8, 4) is 0 Å². The predicted octanol–water partition coefficient (Wildman–Crippen LogP) is 0.125. The minimum Gasteiger partial charge on any atom is -0.445 e. The molecule has 0 bridgehead atoms. The maximum Gasteiger partial charge on any atom is 0.407 e. The minimum absolute atomic E-state index is 0.127. The number of nitrogens with zero attached hydrogens (tertiary/aromatic N) is 2. The number of aliphatic hydroxyl groups is 2. The van der Waals surface area contributed by atoms with E-state index in [1.807, 2.05) is 30.3 Å². The molecule has 1 heterocycles. The number of hydrogen-bond acceptors (Lipinski definition) is 6. The summed E-state index contributed by atoms with van der Waals surface area (Å²) in [6.07, 6.45) is -1.95. The molecule has 2 unspecified atom stereocenters. The maximum atomic E-state index is 11.5. The lowest BCUT2D eigenvalue weighted by molar-refractivity contribution is 0.0134. The average molecular weight is 292 g/mol. The summed E-state index contributed by atoms with van der Waals surface area (Å²) in [5.74, 6) is 0.127. The second kappa shape index (κ2) is 7.36. The Kier molecular flexibility index (Phi) is 5.24. The summed E-state index contributed by atoms with van der Waals surface area (Å²) in [6.45, 7) is -0.0388. The van der Waals surface area contributed by atoms with E-state index in [-0.39, 0.29) is 19.0 Å². The molecule has 8 heteroatoms. The number of benzene rings is 1. The summed E-state index contributed by atoms with van der Waals surface area (Å²) in [5, 5.41) is 27.8. The fourth-order valence-electron chi connectivity index (χ4n) is 1.61. The van der Waals surface area contributed by atoms with Gasteiger partial charge in [0.25, 0.3) is 0 Å². The molecule has 4 N–H and O–H groups in total. The van der Waals surface area contributed by atoms with Gasteiger partial charge in [-0.05, 0) is 5.56 Å². The molecule has 2 atom stereocenters. The lowest BCUT2D eigenvalue weighted by Crippen LogP contribution is -2.36. The van der Waals surface area contributed by atoms with E-state index >= 15 is 0 Å². The number of ether oxygens (including phenoxy) is 1. The van der Waals surface area contributed by atoms with Gasteiger partial charge in [-0.25, -0.2) is 9.78 Å². The number of carbonyl (C=O) groups excluding carboxylic acids is 1. The molecule has 1 aromatic heterocycles. The van der Waals surface area contributed by atoms with Gasteiger partial charge in [-0.15, -0.1) is 0 Å². The van der Waals surface area contributed by atoms with Gasteiger partial charge in [0.2, 0.25) is 0 Å². The van der Waals surface area contributed by atoms with Gasteiger partial charge in [0.15, 0.2) is 5.82 Å². The van der Waals surface area contributed by atoms with E-state index in [9.17, 15) is 15.0 Å². The smallest absolute Gasteiger partial charge is 0.407 e. The quantitative estimate of drug-likeness (QED) is 0.600. The Morgan fingerprint density at radius 1 is 1.33 bits per heavy atom. The summed E-state index contributed by atoms with van der Waals surface area (Å²) in [5.41, 5.74) is 0.856. The molecule has 0 radical (unpaired) electrons. The number of nitrogens with one attached hydrogen (secondary N) is 2. The molecule has 0 fully saturated rings. The Hall–Kier alpha value is -2.45. The summed E-state index contributed by atoms with van der Waals surface area (Å²) >= 11 is 0. The first-order valence-corrected chi connectivity index (χ1v) is 6.32. The molecule has 2 rings (SSSR count). The number of hydrogen-bond donors (Lipinski definition) is 4. The molecule has 0 spiro atoms. The number of H-pyrrole nitrogens is 1. The van der Waals surface area contributed by atoms with E-state index in [0.717, 1.165) is 5.56 Å². The van der Waals surface area contributed by atoms with Crippen LogP contribution in [-0.4, -0.2) is 44.1 Å². The van der Waals surface area contributed by atoms with Gasteiger partial charge < -0.3 is 20.3 Å². The highest BCUT2D eigenvalue weighted by atomic mass is 16.5. The number of rotatable bonds is 6. The van der Waals surface area contributed by atoms with Crippen LogP contribution in [0.2, 0.25) is 0 Å². The largest absolute Gasteiger partial charge is 0.445 e. The molecule has 1 aromatic carbocycles. The summed E-state index contributed by atoms with van der Waals surface area (Å²) < 4.78 is 4.97. The molecule has 1 amide bonds. The Balaban J connectivity index is 1.71. The first-order chi connectivity index (χ1) is 10.2. The lowest BCUT2D eigenvalue weighted by Gasteiger charge is -2.16. The Labute approximate surface area is 120 Å². The van der Waals surface area contributed by atoms with Gasteiger partial charge >= 0.3 is 6.09 Å². The van der Waals surface area contributed by atoms with Crippen LogP contribution in [0.1, 0.15) is 17.5 Å². The van der Waals surface area contributed by atoms with Gasteiger partial charge in [-0.2, -0.15) is 5.10 Å². The first-order valence-electron chi connectivity index (χ1n) is 6.32. The van der Waals surface area contributed by atoms with E-state index in [4.69, 9.17) is 4.74 Å². The highest BCUT2D eigenvalue weighted by Crippen LogP contribution is 2.10. The minimum atomic E-state index is -1.26. The fraction of sp³-hybridized carbons (Fsp3) is 0.308. The van der Waals surface area contributed by atoms with Gasteiger partial charge in [0.05, 0.1) is 0 Å². The normalized spacial score (nSPS) is 13.4. The van der Waals surface area contributed by atoms with Crippen LogP contribution in [-0.2, 0) is 11.3 Å². The average Bonchev–Trinajstić information content (AvgIpc) is 3.05. The fourth-order valence-corrected chi connectivity index (χ4v) is 1.61. The zero-order chi connectivity index (χ0) is 15.1. The molecule has 0 aliphatic carbocycles. The van der Waals surface area contributed by atoms with Crippen molar-refractivity contribution in [2.45, 2.75) is 18.8 Å². The molecular weight excluding hydrogens is 276 g/mol. The molecule has 8 nitrogen and oxygen atoms in total. The summed E-state index contributed by atoms with van der Waals surface area (Å²) in [4.78, 5) is 15.2. The maximum absolute atomic E-state index is 11.5. The number of amides is 1. The van der Waals surface area contributed by atoms with Crippen LogP contribution >= 0.6 is 0 Å². The van der Waals surface area contributed by atoms with E-state index in [1.54, 1.807) is 0 Å². The van der Waals surface area contributed by atoms with E-state index in [2.05, 4.69) is 20.5 Å². The zero-order valence-electron chi connectivity index (χ0n) is 11.1. The van der Waals surface area contributed by atoms with Crippen molar-refractivity contribution in [3.05, 3.63) is 48.0 Å². The second-order valence-electron chi connectivity index (χ2n) is 4.33. The molecule has 21 heavy (non-hydrogen) atoms. The Bertz CT molecular complexity index is 547. The molecular formula is C13H16N4O4. The van der Waals surface area contributed by atoms with E-state index < -0.39 is 18.3 Å². The number of aliphatic hydroxyl groups excluding tert-OH is 2. The molecule has 0 saturated heterocycles. The van der Waals surface area contributed by atoms with Crippen LogP contribution in [0.5, 0.6) is 0 Å². The molecule has 2 aromatic rings. The highest BCUT2D eigenvalue weighted by molar-refractivity contribution is 5.67. The summed E-state index contributed by atoms with van der Waals surface area (Å²) in [7, 11) is 0. The monoisotopic (exact) mass is 292 g/mol. The van der Waals surface area contributed by atoms with Gasteiger partial charge in [-0.3, -0.25) is 5.10 Å². The third-order valence-corrected chi connectivity index (χ3v) is 2.75. The molecule has 0 aliphatic rings. The standard InChI is InChI=1S/C13H16N4O4/c18-10(11(19)12-15-8-16-17-12)6-14-13(20)21-7-9-4-2-1-3-5-9/h1-5,8,10-11,18-19H,6-7H2,(H,14,20)(H,15,16,17). The third kappa shape index (κ3) is 4.55. The SMILES string of the molecule is O=C(NCC(O)C(O)c1ncn[nH]1)OCc1ccccc1. The van der Waals surface area contributed by atoms with Crippen molar-refractivity contribution < 1.29 is 19.7 Å². The first kappa shape index (κ1) is 14.9. The topological polar surface area (TPSA) is 120 Å². The van der Waals surface area contributed by atoms with Crippen LogP contribution in [0.3, 0.4) is 0 Å². The van der Waals surface area contributed by atoms with Crippen molar-refractivity contribution in [2.75, 3.05) is 6.54 Å². The summed E-state index contributed by atoms with van der Waals surface area (Å²) in [6, 6.07) is 9.21. The zero-order valence-corrected chi connectivity index (χ0v) is 11.1. The number of aromatic amines is 1. The highest BCUT2D eigenvalue weighted by Gasteiger charge is 2.21. The number of aromatic nitrogens is 3. The lowest BCUT2D eigenvalue weighted by atomic mass is 10.2. The van der Waals surface area contributed by atoms with Crippen LogP contribution < -0.4 is 5.32 Å². The van der Waals surface area contributed by atoms with E-state index in [0.29, 0.717) is 0 Å². The van der Waals surface area contributed by atoms with Crippen molar-refractivity contribution in [2.24, 2.45) is 0 Å². The van der Waals surface area contributed by atoms with Crippen molar-refractivity contribution in [1.82, 2.24) is 20.5 Å². The third-order valence-electron chi connectivity index (χ3n) is 2.75. The van der Waals surface area contributed by atoms with E-state index in [1.165, 1.54) is 6.33 Å². The van der Waals surface area contributed by atoms with Crippen molar-refractivity contribution in [1.29, 1.82) is 0 Å². The van der Waals surface area contributed by atoms with Crippen LogP contribution in [0.15, 0.2) is 36.7 Å². The molecule has 0 saturated carbocycles. The van der Waals surface area contributed by atoms with Crippen LogP contribution in [0.25, 0.3) is 0 Å². The number of carbonyl (C=O) groups is 1. The predicted molar refractivity (Wildman–Crippen MR) is 72.0 cm³/mol. The molecule has 0 aliphatic heterocycles. The van der Waals surface area contributed by atoms with Crippen LogP contribution in [0.4, 0.5) is 4.79 Å². The Morgan fingerprint density at radius 3 is 2.76 bits per heavy atom. The molecule has 112 valence electrons. The number of alkyl carbamates (subject to hydrolysis) is 1. The van der Waals surface area contributed by atoms with Crippen molar-refractivity contribution >= 4 is 6.09 Å². The van der Waals surface area contributed by atoms with Gasteiger partial charge in [-0.1, -0.05) is 30.3 Å². The second-order valence-corrected chi connectivity index (χ2v) is 4.33. The van der Waals surface area contributed by atoms with Crippen LogP contribution in [0, 0.1) is 0 Å². The van der Waals surface area contributed by atoms with Crippen molar-refractivity contribution in [3.63, 3.8) is 0 Å². The van der Waals surface area contributed by atoms with Gasteiger partial charge in [0.1, 0.15) is 25.1 Å².